The molecule has 14 heavy (non-hydrogen) atoms. The molecule has 0 aromatic heterocycles. The minimum Gasteiger partial charge on any atom is -0.380 e. The largest absolute Gasteiger partial charge is 0.380 e. The molecule has 82 valence electrons. The first kappa shape index (κ1) is 10.4. The molecule has 2 rings (SSSR count). The molecule has 1 N–H and O–H groups in total. The average Bonchev–Trinajstić information content (AvgIpc) is 2.87. The molecule has 1 aliphatic carbocycles. The Labute approximate surface area is 86.8 Å². The van der Waals surface area contributed by atoms with Crippen LogP contribution in [0.4, 0.5) is 0 Å². The molecule has 3 nitrogen and oxygen atoms in total. The number of hydrogen-bond donors (Lipinski definition) is 1. The quantitative estimate of drug-likeness (QED) is 0.640. The van der Waals surface area contributed by atoms with Gasteiger partial charge in [-0.2, -0.15) is 0 Å². The highest BCUT2D eigenvalue weighted by molar-refractivity contribution is 4.89. The van der Waals surface area contributed by atoms with Gasteiger partial charge >= 0.3 is 0 Å². The van der Waals surface area contributed by atoms with E-state index < -0.39 is 0 Å². The van der Waals surface area contributed by atoms with Crippen molar-refractivity contribution in [2.45, 2.75) is 38.3 Å². The van der Waals surface area contributed by atoms with Crippen LogP contribution in [0.1, 0.15) is 26.2 Å². The third-order valence-electron chi connectivity index (χ3n) is 3.08. The predicted octanol–water partition coefficient (Wildman–Crippen LogP) is 0.849. The SMILES string of the molecule is CCOCCN1CCC(NC2CC2)C1. The van der Waals surface area contributed by atoms with Crippen molar-refractivity contribution in [1.29, 1.82) is 0 Å². The molecule has 1 saturated heterocycles. The maximum atomic E-state index is 5.36. The van der Waals surface area contributed by atoms with Crippen LogP contribution in [0.25, 0.3) is 0 Å². The van der Waals surface area contributed by atoms with Gasteiger partial charge in [0.05, 0.1) is 6.61 Å². The predicted molar refractivity (Wildman–Crippen MR) is 57.5 cm³/mol. The van der Waals surface area contributed by atoms with Crippen LogP contribution in [0.3, 0.4) is 0 Å². The monoisotopic (exact) mass is 198 g/mol. The summed E-state index contributed by atoms with van der Waals surface area (Å²) < 4.78 is 5.36. The van der Waals surface area contributed by atoms with Crippen molar-refractivity contribution >= 4 is 0 Å². The molecule has 2 fully saturated rings. The molecule has 1 atom stereocenters. The van der Waals surface area contributed by atoms with Crippen molar-refractivity contribution in [3.63, 3.8) is 0 Å². The van der Waals surface area contributed by atoms with Crippen molar-refractivity contribution in [2.75, 3.05) is 32.8 Å². The lowest BCUT2D eigenvalue weighted by molar-refractivity contribution is 0.121. The molecule has 1 unspecified atom stereocenters. The lowest BCUT2D eigenvalue weighted by Crippen LogP contribution is -2.34. The van der Waals surface area contributed by atoms with Crippen LogP contribution in [0, 0.1) is 0 Å². The third-order valence-corrected chi connectivity index (χ3v) is 3.08. The van der Waals surface area contributed by atoms with Crippen LogP contribution in [0.2, 0.25) is 0 Å². The van der Waals surface area contributed by atoms with Crippen molar-refractivity contribution in [2.24, 2.45) is 0 Å². The van der Waals surface area contributed by atoms with Crippen LogP contribution in [0.15, 0.2) is 0 Å². The molecule has 3 heteroatoms. The first-order valence-corrected chi connectivity index (χ1v) is 5.94. The Balaban J connectivity index is 1.56. The molecule has 1 saturated carbocycles. The Hall–Kier alpha value is -0.120. The summed E-state index contributed by atoms with van der Waals surface area (Å²) in [6, 6.07) is 1.61. The van der Waals surface area contributed by atoms with Crippen LogP contribution in [-0.4, -0.2) is 49.8 Å². The lowest BCUT2D eigenvalue weighted by Gasteiger charge is -2.16. The molecule has 0 bridgehead atoms. The minimum absolute atomic E-state index is 0.754. The van der Waals surface area contributed by atoms with E-state index in [1.165, 1.54) is 32.4 Å². The zero-order chi connectivity index (χ0) is 9.80. The van der Waals surface area contributed by atoms with Crippen LogP contribution < -0.4 is 5.32 Å². The molecule has 0 radical (unpaired) electrons. The number of hydrogen-bond acceptors (Lipinski definition) is 3. The first-order chi connectivity index (χ1) is 6.88. The van der Waals surface area contributed by atoms with E-state index in [4.69, 9.17) is 4.74 Å². The highest BCUT2D eigenvalue weighted by Gasteiger charge is 2.28. The van der Waals surface area contributed by atoms with Gasteiger partial charge in [0.2, 0.25) is 0 Å². The number of nitrogens with one attached hydrogen (secondary N) is 1. The summed E-state index contributed by atoms with van der Waals surface area (Å²) in [5.74, 6) is 0. The summed E-state index contributed by atoms with van der Waals surface area (Å²) in [5, 5.41) is 3.69. The zero-order valence-electron chi connectivity index (χ0n) is 9.17. The minimum atomic E-state index is 0.754. The molecule has 0 aromatic rings. The highest BCUT2D eigenvalue weighted by Crippen LogP contribution is 2.21. The Morgan fingerprint density at radius 1 is 1.29 bits per heavy atom. The normalized spacial score (nSPS) is 28.5. The Kier molecular flexibility index (Phi) is 3.79. The molecular weight excluding hydrogens is 176 g/mol. The molecule has 0 spiro atoms. The Morgan fingerprint density at radius 2 is 2.14 bits per heavy atom. The fourth-order valence-electron chi connectivity index (χ4n) is 2.09. The van der Waals surface area contributed by atoms with Gasteiger partial charge in [0.1, 0.15) is 0 Å². The second-order valence-corrected chi connectivity index (χ2v) is 4.42. The van der Waals surface area contributed by atoms with E-state index in [1.54, 1.807) is 0 Å². The van der Waals surface area contributed by atoms with E-state index in [0.29, 0.717) is 0 Å². The van der Waals surface area contributed by atoms with Crippen LogP contribution in [-0.2, 0) is 4.74 Å². The van der Waals surface area contributed by atoms with Gasteiger partial charge in [0.15, 0.2) is 0 Å². The fraction of sp³-hybridized carbons (Fsp3) is 1.00. The fourth-order valence-corrected chi connectivity index (χ4v) is 2.09. The van der Waals surface area contributed by atoms with Crippen molar-refractivity contribution < 1.29 is 4.74 Å². The van der Waals surface area contributed by atoms with E-state index in [9.17, 15) is 0 Å². The smallest absolute Gasteiger partial charge is 0.0593 e. The van der Waals surface area contributed by atoms with Gasteiger partial charge < -0.3 is 10.1 Å². The maximum Gasteiger partial charge on any atom is 0.0593 e. The first-order valence-electron chi connectivity index (χ1n) is 5.94. The molecule has 2 aliphatic rings. The van der Waals surface area contributed by atoms with Gasteiger partial charge in [-0.15, -0.1) is 0 Å². The average molecular weight is 198 g/mol. The van der Waals surface area contributed by atoms with Gasteiger partial charge in [-0.25, -0.2) is 0 Å². The van der Waals surface area contributed by atoms with E-state index in [1.807, 2.05) is 0 Å². The van der Waals surface area contributed by atoms with E-state index in [2.05, 4.69) is 17.1 Å². The van der Waals surface area contributed by atoms with Crippen molar-refractivity contribution in [1.82, 2.24) is 10.2 Å². The summed E-state index contributed by atoms with van der Waals surface area (Å²) in [6.45, 7) is 7.38. The lowest BCUT2D eigenvalue weighted by atomic mass is 10.2. The number of rotatable bonds is 6. The van der Waals surface area contributed by atoms with Crippen molar-refractivity contribution in [3.8, 4) is 0 Å². The van der Waals surface area contributed by atoms with Gasteiger partial charge in [-0.05, 0) is 32.7 Å². The van der Waals surface area contributed by atoms with E-state index in [-0.39, 0.29) is 0 Å². The summed E-state index contributed by atoms with van der Waals surface area (Å²) >= 11 is 0. The molecule has 1 heterocycles. The number of likely N-dealkylation sites (tertiary alicyclic amines) is 1. The van der Waals surface area contributed by atoms with E-state index in [0.717, 1.165) is 31.8 Å². The topological polar surface area (TPSA) is 24.5 Å². The second-order valence-electron chi connectivity index (χ2n) is 4.42. The molecular formula is C11H22N2O. The number of ether oxygens (including phenoxy) is 1. The Morgan fingerprint density at radius 3 is 2.86 bits per heavy atom. The Bertz CT molecular complexity index is 171. The number of nitrogens with zero attached hydrogens (tertiary/aromatic N) is 1. The van der Waals surface area contributed by atoms with Gasteiger partial charge in [-0.3, -0.25) is 4.90 Å². The summed E-state index contributed by atoms with van der Waals surface area (Å²) in [7, 11) is 0. The van der Waals surface area contributed by atoms with Gasteiger partial charge in [0, 0.05) is 31.8 Å². The molecule has 0 amide bonds. The maximum absolute atomic E-state index is 5.36. The zero-order valence-corrected chi connectivity index (χ0v) is 9.17. The highest BCUT2D eigenvalue weighted by atomic mass is 16.5. The standard InChI is InChI=1S/C11H22N2O/c1-2-14-8-7-13-6-5-11(9-13)12-10-3-4-10/h10-12H,2-9H2,1H3. The summed E-state index contributed by atoms with van der Waals surface area (Å²) in [6.07, 6.45) is 4.12. The summed E-state index contributed by atoms with van der Waals surface area (Å²) in [4.78, 5) is 2.51. The third kappa shape index (κ3) is 3.23. The van der Waals surface area contributed by atoms with Crippen molar-refractivity contribution in [3.05, 3.63) is 0 Å². The summed E-state index contributed by atoms with van der Waals surface area (Å²) in [5.41, 5.74) is 0. The molecule has 0 aromatic carbocycles. The van der Waals surface area contributed by atoms with Crippen LogP contribution in [0.5, 0.6) is 0 Å². The van der Waals surface area contributed by atoms with E-state index >= 15 is 0 Å². The molecule has 1 aliphatic heterocycles. The second kappa shape index (κ2) is 5.10. The van der Waals surface area contributed by atoms with Crippen LogP contribution >= 0.6 is 0 Å². The van der Waals surface area contributed by atoms with Gasteiger partial charge in [0.25, 0.3) is 0 Å². The van der Waals surface area contributed by atoms with Gasteiger partial charge in [-0.1, -0.05) is 0 Å².